The lowest BCUT2D eigenvalue weighted by molar-refractivity contribution is -0.246. The highest BCUT2D eigenvalue weighted by atomic mass is 127. The molecule has 1 amide bonds. The van der Waals surface area contributed by atoms with Gasteiger partial charge in [0.1, 0.15) is 0 Å². The summed E-state index contributed by atoms with van der Waals surface area (Å²) in [5.74, 6) is -0.0118. The Morgan fingerprint density at radius 2 is 1.82 bits per heavy atom. The Morgan fingerprint density at radius 3 is 2.12 bits per heavy atom. The molecule has 0 aromatic carbocycles. The van der Waals surface area contributed by atoms with Crippen LogP contribution >= 0.6 is 22.6 Å². The predicted octanol–water partition coefficient (Wildman–Crippen LogP) is 2.29. The average Bonchev–Trinajstić information content (AvgIpc) is 2.26. The zero-order valence-electron chi connectivity index (χ0n) is 11.4. The maximum Gasteiger partial charge on any atom is 0.235 e. The van der Waals surface area contributed by atoms with Gasteiger partial charge in [0, 0.05) is 5.54 Å². The van der Waals surface area contributed by atoms with Gasteiger partial charge in [0.2, 0.25) is 5.91 Å². The van der Waals surface area contributed by atoms with E-state index in [0.29, 0.717) is 6.42 Å². The molecule has 4 nitrogen and oxygen atoms in total. The van der Waals surface area contributed by atoms with E-state index in [2.05, 4.69) is 27.9 Å². The molecule has 1 saturated heterocycles. The number of nitrogens with zero attached hydrogens (tertiary/aromatic N) is 1. The van der Waals surface area contributed by atoms with E-state index >= 15 is 0 Å². The van der Waals surface area contributed by atoms with Crippen molar-refractivity contribution in [2.24, 2.45) is 0 Å². The standard InChI is InChI=1S/C12H22IN2O2/c1-10(2)7-8(12(5,6)15(10)17)14-9(16)11(3,4)13/h8H,7H2,1-6H3,(H,14,16). The van der Waals surface area contributed by atoms with E-state index in [1.165, 1.54) is 0 Å². The van der Waals surface area contributed by atoms with Crippen molar-refractivity contribution in [1.82, 2.24) is 10.4 Å². The molecule has 1 N–H and O–H groups in total. The van der Waals surface area contributed by atoms with E-state index in [1.54, 1.807) is 0 Å². The summed E-state index contributed by atoms with van der Waals surface area (Å²) in [7, 11) is 0. The lowest BCUT2D eigenvalue weighted by Gasteiger charge is -2.34. The first-order valence-electron chi connectivity index (χ1n) is 5.86. The lowest BCUT2D eigenvalue weighted by Crippen LogP contribution is -2.54. The number of hydrogen-bond acceptors (Lipinski definition) is 2. The minimum atomic E-state index is -0.555. The van der Waals surface area contributed by atoms with Crippen LogP contribution in [-0.4, -0.2) is 31.5 Å². The first-order chi connectivity index (χ1) is 7.39. The zero-order chi connectivity index (χ0) is 13.6. The van der Waals surface area contributed by atoms with E-state index in [1.807, 2.05) is 41.5 Å². The molecular weight excluding hydrogens is 331 g/mol. The van der Waals surface area contributed by atoms with Crippen LogP contribution in [0.3, 0.4) is 0 Å². The molecule has 1 aliphatic rings. The van der Waals surface area contributed by atoms with Crippen molar-refractivity contribution in [2.75, 3.05) is 0 Å². The van der Waals surface area contributed by atoms with E-state index in [0.717, 1.165) is 5.06 Å². The summed E-state index contributed by atoms with van der Waals surface area (Å²) in [6.45, 7) is 11.3. The molecule has 1 atom stereocenters. The van der Waals surface area contributed by atoms with Gasteiger partial charge in [-0.2, -0.15) is 0 Å². The number of carbonyl (C=O) groups excluding carboxylic acids is 1. The van der Waals surface area contributed by atoms with Gasteiger partial charge in [0.05, 0.1) is 15.0 Å². The highest BCUT2D eigenvalue weighted by molar-refractivity contribution is 14.1. The summed E-state index contributed by atoms with van der Waals surface area (Å²) < 4.78 is -0.450. The Balaban J connectivity index is 2.84. The van der Waals surface area contributed by atoms with Crippen LogP contribution in [0.5, 0.6) is 0 Å². The van der Waals surface area contributed by atoms with Gasteiger partial charge >= 0.3 is 0 Å². The molecule has 1 unspecified atom stereocenters. The first-order valence-corrected chi connectivity index (χ1v) is 6.94. The number of alkyl halides is 1. The van der Waals surface area contributed by atoms with Gasteiger partial charge in [0.15, 0.2) is 0 Å². The molecule has 5 heteroatoms. The fraction of sp³-hybridized carbons (Fsp3) is 0.917. The highest BCUT2D eigenvalue weighted by Gasteiger charge is 2.53. The predicted molar refractivity (Wildman–Crippen MR) is 75.3 cm³/mol. The summed E-state index contributed by atoms with van der Waals surface area (Å²) in [4.78, 5) is 12.0. The third-order valence-corrected chi connectivity index (χ3v) is 3.96. The second kappa shape index (κ2) is 4.35. The molecule has 1 radical (unpaired) electrons. The molecule has 1 heterocycles. The van der Waals surface area contributed by atoms with E-state index in [4.69, 9.17) is 0 Å². The second-order valence-electron chi connectivity index (χ2n) is 6.46. The fourth-order valence-electron chi connectivity index (χ4n) is 2.31. The molecule has 1 fully saturated rings. The van der Waals surface area contributed by atoms with E-state index < -0.39 is 14.5 Å². The fourth-order valence-corrected chi connectivity index (χ4v) is 2.47. The molecule has 0 bridgehead atoms. The third kappa shape index (κ3) is 2.93. The zero-order valence-corrected chi connectivity index (χ0v) is 13.6. The monoisotopic (exact) mass is 353 g/mol. The Morgan fingerprint density at radius 1 is 1.35 bits per heavy atom. The quantitative estimate of drug-likeness (QED) is 0.612. The Kier molecular flexibility index (Phi) is 3.88. The number of halogens is 1. The van der Waals surface area contributed by atoms with Crippen molar-refractivity contribution >= 4 is 28.5 Å². The van der Waals surface area contributed by atoms with Crippen LogP contribution in [0.15, 0.2) is 0 Å². The van der Waals surface area contributed by atoms with Gasteiger partial charge in [-0.25, -0.2) is 0 Å². The number of amides is 1. The van der Waals surface area contributed by atoms with Gasteiger partial charge in [-0.05, 0) is 48.0 Å². The van der Waals surface area contributed by atoms with Crippen LogP contribution in [0, 0.1) is 0 Å². The third-order valence-electron chi connectivity index (χ3n) is 3.47. The van der Waals surface area contributed by atoms with Crippen LogP contribution < -0.4 is 5.32 Å². The van der Waals surface area contributed by atoms with Crippen LogP contribution in [0.2, 0.25) is 0 Å². The minimum Gasteiger partial charge on any atom is -0.350 e. The summed E-state index contributed by atoms with van der Waals surface area (Å²) >= 11 is 2.11. The average molecular weight is 353 g/mol. The molecule has 0 aliphatic carbocycles. The van der Waals surface area contributed by atoms with Gasteiger partial charge in [-0.3, -0.25) is 4.79 Å². The minimum absolute atomic E-state index is 0.0118. The van der Waals surface area contributed by atoms with Crippen molar-refractivity contribution in [3.8, 4) is 0 Å². The van der Waals surface area contributed by atoms with Crippen molar-refractivity contribution in [1.29, 1.82) is 0 Å². The highest BCUT2D eigenvalue weighted by Crippen LogP contribution is 2.39. The summed E-state index contributed by atoms with van der Waals surface area (Å²) in [6.07, 6.45) is 0.682. The number of nitrogens with one attached hydrogen (secondary N) is 1. The van der Waals surface area contributed by atoms with Crippen molar-refractivity contribution in [3.63, 3.8) is 0 Å². The molecule has 1 rings (SSSR count). The molecule has 0 aromatic heterocycles. The summed E-state index contributed by atoms with van der Waals surface area (Å²) in [5, 5.41) is 16.3. The summed E-state index contributed by atoms with van der Waals surface area (Å²) in [5.41, 5.74) is -0.974. The Labute approximate surface area is 117 Å². The number of rotatable bonds is 2. The Bertz CT molecular complexity index is 321. The van der Waals surface area contributed by atoms with Crippen molar-refractivity contribution < 1.29 is 10.0 Å². The maximum absolute atomic E-state index is 12.2. The van der Waals surface area contributed by atoms with Crippen LogP contribution in [0.25, 0.3) is 0 Å². The molecule has 0 aromatic rings. The molecular formula is C12H22IN2O2. The second-order valence-corrected chi connectivity index (χ2v) is 9.16. The number of hydroxylamine groups is 2. The van der Waals surface area contributed by atoms with Crippen LogP contribution in [-0.2, 0) is 10.0 Å². The van der Waals surface area contributed by atoms with Gasteiger partial charge in [0.25, 0.3) is 0 Å². The van der Waals surface area contributed by atoms with Gasteiger partial charge < -0.3 is 5.32 Å². The maximum atomic E-state index is 12.2. The largest absolute Gasteiger partial charge is 0.350 e. The topological polar surface area (TPSA) is 52.2 Å². The Hall–Kier alpha value is 0.120. The lowest BCUT2D eigenvalue weighted by atomic mass is 9.94. The van der Waals surface area contributed by atoms with Crippen LogP contribution in [0.1, 0.15) is 48.0 Å². The van der Waals surface area contributed by atoms with Crippen molar-refractivity contribution in [2.45, 2.75) is 68.5 Å². The van der Waals surface area contributed by atoms with E-state index in [-0.39, 0.29) is 11.9 Å². The van der Waals surface area contributed by atoms with Gasteiger partial charge in [-0.15, -0.1) is 10.3 Å². The molecule has 99 valence electrons. The SMILES string of the molecule is CC(C)(I)C(=O)NC1CC(C)(C)N([O])C1(C)C. The molecule has 1 aliphatic heterocycles. The number of carbonyl (C=O) groups is 1. The van der Waals surface area contributed by atoms with E-state index in [9.17, 15) is 10.0 Å². The van der Waals surface area contributed by atoms with Crippen molar-refractivity contribution in [3.05, 3.63) is 0 Å². The first kappa shape index (κ1) is 15.2. The molecule has 0 spiro atoms. The smallest absolute Gasteiger partial charge is 0.235 e. The van der Waals surface area contributed by atoms with Gasteiger partial charge in [-0.1, -0.05) is 22.6 Å². The van der Waals surface area contributed by atoms with Crippen LogP contribution in [0.4, 0.5) is 0 Å². The number of hydrogen-bond donors (Lipinski definition) is 1. The summed E-state index contributed by atoms with van der Waals surface area (Å²) in [6, 6.07) is -0.100. The molecule has 17 heavy (non-hydrogen) atoms. The molecule has 0 saturated carbocycles. The normalized spacial score (nSPS) is 28.1.